The van der Waals surface area contributed by atoms with Crippen molar-refractivity contribution in [2.24, 2.45) is 5.92 Å². The molecule has 1 saturated heterocycles. The maximum Gasteiger partial charge on any atom is 0.255 e. The van der Waals surface area contributed by atoms with Crippen LogP contribution in [0.4, 0.5) is 11.4 Å². The Morgan fingerprint density at radius 3 is 2.25 bits per heavy atom. The van der Waals surface area contributed by atoms with Crippen LogP contribution in [-0.2, 0) is 9.53 Å². The Morgan fingerprint density at radius 1 is 1.04 bits per heavy atom. The zero-order valence-corrected chi connectivity index (χ0v) is 16.2. The number of rotatable bonds is 7. The second kappa shape index (κ2) is 9.37. The summed E-state index contributed by atoms with van der Waals surface area (Å²) in [6, 6.07) is 14.1. The monoisotopic (exact) mass is 382 g/mol. The van der Waals surface area contributed by atoms with Crippen molar-refractivity contribution < 1.29 is 19.1 Å². The highest BCUT2D eigenvalue weighted by atomic mass is 16.5. The van der Waals surface area contributed by atoms with Gasteiger partial charge < -0.3 is 20.1 Å². The van der Waals surface area contributed by atoms with Gasteiger partial charge in [0.05, 0.1) is 6.10 Å². The van der Waals surface area contributed by atoms with Gasteiger partial charge in [-0.3, -0.25) is 9.59 Å². The van der Waals surface area contributed by atoms with E-state index in [1.807, 2.05) is 13.8 Å². The summed E-state index contributed by atoms with van der Waals surface area (Å²) in [4.78, 5) is 24.1. The largest absolute Gasteiger partial charge is 0.491 e. The van der Waals surface area contributed by atoms with Gasteiger partial charge in [0.1, 0.15) is 12.4 Å². The van der Waals surface area contributed by atoms with Gasteiger partial charge in [0.25, 0.3) is 5.91 Å². The van der Waals surface area contributed by atoms with Gasteiger partial charge in [-0.05, 0) is 61.4 Å². The van der Waals surface area contributed by atoms with E-state index in [4.69, 9.17) is 9.47 Å². The van der Waals surface area contributed by atoms with E-state index < -0.39 is 0 Å². The minimum atomic E-state index is -0.204. The summed E-state index contributed by atoms with van der Waals surface area (Å²) in [7, 11) is 0. The van der Waals surface area contributed by atoms with Gasteiger partial charge in [-0.2, -0.15) is 0 Å². The van der Waals surface area contributed by atoms with Crippen LogP contribution in [0, 0.1) is 5.92 Å². The van der Waals surface area contributed by atoms with E-state index in [-0.39, 0.29) is 23.8 Å². The first-order valence-corrected chi connectivity index (χ1v) is 9.58. The highest BCUT2D eigenvalue weighted by molar-refractivity contribution is 6.04. The standard InChI is InChI=1S/C22H26N2O4/c1-15(2)21(25)23-17-7-9-18(10-8-17)24-22(26)16-5-11-19(12-6-16)28-14-20-4-3-13-27-20/h5-12,15,20H,3-4,13-14H2,1-2H3,(H,23,25)(H,24,26). The molecule has 148 valence electrons. The molecule has 2 N–H and O–H groups in total. The Kier molecular flexibility index (Phi) is 6.66. The van der Waals surface area contributed by atoms with Crippen LogP contribution in [-0.4, -0.2) is 31.1 Å². The van der Waals surface area contributed by atoms with Crippen LogP contribution in [0.3, 0.4) is 0 Å². The lowest BCUT2D eigenvalue weighted by Gasteiger charge is -2.12. The van der Waals surface area contributed by atoms with E-state index in [2.05, 4.69) is 10.6 Å². The van der Waals surface area contributed by atoms with Gasteiger partial charge in [-0.1, -0.05) is 13.8 Å². The summed E-state index contributed by atoms with van der Waals surface area (Å²) in [5.41, 5.74) is 1.90. The third-order valence-electron chi connectivity index (χ3n) is 4.51. The van der Waals surface area contributed by atoms with E-state index in [0.717, 1.165) is 25.2 Å². The molecule has 0 saturated carbocycles. The third-order valence-corrected chi connectivity index (χ3v) is 4.51. The molecule has 2 amide bonds. The molecule has 1 fully saturated rings. The number of hydrogen-bond acceptors (Lipinski definition) is 4. The molecule has 3 rings (SSSR count). The molecule has 1 heterocycles. The maximum atomic E-state index is 12.4. The van der Waals surface area contributed by atoms with Crippen molar-refractivity contribution in [3.05, 3.63) is 54.1 Å². The van der Waals surface area contributed by atoms with Gasteiger partial charge in [-0.25, -0.2) is 0 Å². The number of nitrogens with one attached hydrogen (secondary N) is 2. The summed E-state index contributed by atoms with van der Waals surface area (Å²) in [5, 5.41) is 5.66. The molecule has 28 heavy (non-hydrogen) atoms. The molecule has 0 aromatic heterocycles. The molecule has 1 aliphatic rings. The molecule has 0 aliphatic carbocycles. The van der Waals surface area contributed by atoms with Gasteiger partial charge in [-0.15, -0.1) is 0 Å². The van der Waals surface area contributed by atoms with E-state index in [0.29, 0.717) is 23.5 Å². The van der Waals surface area contributed by atoms with Crippen LogP contribution >= 0.6 is 0 Å². The first-order chi connectivity index (χ1) is 13.5. The number of carbonyl (C=O) groups excluding carboxylic acids is 2. The van der Waals surface area contributed by atoms with Gasteiger partial charge in [0.15, 0.2) is 0 Å². The lowest BCUT2D eigenvalue weighted by Crippen LogP contribution is -2.17. The van der Waals surface area contributed by atoms with Crippen LogP contribution in [0.25, 0.3) is 0 Å². The number of ether oxygens (including phenoxy) is 2. The van der Waals surface area contributed by atoms with Crippen LogP contribution in [0.2, 0.25) is 0 Å². The Labute approximate surface area is 165 Å². The summed E-state index contributed by atoms with van der Waals surface area (Å²) >= 11 is 0. The molecule has 0 spiro atoms. The Hall–Kier alpha value is -2.86. The Balaban J connectivity index is 1.51. The molecule has 6 heteroatoms. The average Bonchev–Trinajstić information content (AvgIpc) is 3.22. The highest BCUT2D eigenvalue weighted by Gasteiger charge is 2.16. The topological polar surface area (TPSA) is 76.7 Å². The minimum absolute atomic E-state index is 0.0430. The van der Waals surface area contributed by atoms with E-state index in [1.54, 1.807) is 48.5 Å². The van der Waals surface area contributed by atoms with E-state index >= 15 is 0 Å². The number of benzene rings is 2. The second-order valence-corrected chi connectivity index (χ2v) is 7.15. The van der Waals surface area contributed by atoms with Gasteiger partial charge in [0, 0.05) is 29.5 Å². The molecular weight excluding hydrogens is 356 g/mol. The Morgan fingerprint density at radius 2 is 1.68 bits per heavy atom. The first-order valence-electron chi connectivity index (χ1n) is 9.58. The average molecular weight is 382 g/mol. The number of anilines is 2. The molecule has 0 bridgehead atoms. The molecule has 0 radical (unpaired) electrons. The Bertz CT molecular complexity index is 794. The SMILES string of the molecule is CC(C)C(=O)Nc1ccc(NC(=O)c2ccc(OCC3CCCO3)cc2)cc1. The van der Waals surface area contributed by atoms with E-state index in [9.17, 15) is 9.59 Å². The second-order valence-electron chi connectivity index (χ2n) is 7.15. The molecule has 1 atom stereocenters. The first kappa shape index (κ1) is 19.9. The van der Waals surface area contributed by atoms with Crippen molar-refractivity contribution >= 4 is 23.2 Å². The highest BCUT2D eigenvalue weighted by Crippen LogP contribution is 2.18. The predicted molar refractivity (Wildman–Crippen MR) is 109 cm³/mol. The lowest BCUT2D eigenvalue weighted by molar-refractivity contribution is -0.118. The molecule has 1 unspecified atom stereocenters. The number of hydrogen-bond donors (Lipinski definition) is 2. The molecular formula is C22H26N2O4. The maximum absolute atomic E-state index is 12.4. The fraction of sp³-hybridized carbons (Fsp3) is 0.364. The smallest absolute Gasteiger partial charge is 0.255 e. The fourth-order valence-electron chi connectivity index (χ4n) is 2.79. The molecule has 6 nitrogen and oxygen atoms in total. The number of amides is 2. The summed E-state index contributed by atoms with van der Waals surface area (Å²) in [5.74, 6) is 0.387. The van der Waals surface area contributed by atoms with Crippen LogP contribution < -0.4 is 15.4 Å². The van der Waals surface area contributed by atoms with Gasteiger partial charge >= 0.3 is 0 Å². The summed E-state index contributed by atoms with van der Waals surface area (Å²) in [6.45, 7) is 5.01. The van der Waals surface area contributed by atoms with Crippen LogP contribution in [0.5, 0.6) is 5.75 Å². The quantitative estimate of drug-likeness (QED) is 0.756. The minimum Gasteiger partial charge on any atom is -0.491 e. The summed E-state index contributed by atoms with van der Waals surface area (Å²) < 4.78 is 11.2. The van der Waals surface area contributed by atoms with Crippen molar-refractivity contribution in [3.8, 4) is 5.75 Å². The van der Waals surface area contributed by atoms with Crippen molar-refractivity contribution in [2.45, 2.75) is 32.8 Å². The van der Waals surface area contributed by atoms with Crippen molar-refractivity contribution in [1.29, 1.82) is 0 Å². The summed E-state index contributed by atoms with van der Waals surface area (Å²) in [6.07, 6.45) is 2.27. The van der Waals surface area contributed by atoms with Crippen LogP contribution in [0.15, 0.2) is 48.5 Å². The predicted octanol–water partition coefficient (Wildman–Crippen LogP) is 4.09. The lowest BCUT2D eigenvalue weighted by atomic mass is 10.2. The zero-order chi connectivity index (χ0) is 19.9. The van der Waals surface area contributed by atoms with Crippen molar-refractivity contribution in [1.82, 2.24) is 0 Å². The third kappa shape index (κ3) is 5.57. The molecule has 2 aromatic rings. The zero-order valence-electron chi connectivity index (χ0n) is 16.2. The van der Waals surface area contributed by atoms with E-state index in [1.165, 1.54) is 0 Å². The number of carbonyl (C=O) groups is 2. The molecule has 1 aliphatic heterocycles. The van der Waals surface area contributed by atoms with Crippen molar-refractivity contribution in [2.75, 3.05) is 23.8 Å². The normalized spacial score (nSPS) is 16.0. The van der Waals surface area contributed by atoms with Gasteiger partial charge in [0.2, 0.25) is 5.91 Å². The fourth-order valence-corrected chi connectivity index (χ4v) is 2.79. The van der Waals surface area contributed by atoms with Crippen molar-refractivity contribution in [3.63, 3.8) is 0 Å². The van der Waals surface area contributed by atoms with Crippen LogP contribution in [0.1, 0.15) is 37.0 Å². The molecule has 2 aromatic carbocycles.